The predicted octanol–water partition coefficient (Wildman–Crippen LogP) is 6.09. The molecule has 0 saturated carbocycles. The second-order valence-electron chi connectivity index (χ2n) is 15.3. The largest absolute Gasteiger partial charge is 0.497 e. The number of hydrogen-bond donors (Lipinski definition) is 3. The maximum Gasteiger partial charge on any atom is 0.404 e. The average molecular weight is 1020 g/mol. The summed E-state index contributed by atoms with van der Waals surface area (Å²) >= 11 is 3.42. The highest BCUT2D eigenvalue weighted by Gasteiger charge is 2.39. The Bertz CT molecular complexity index is 2800. The van der Waals surface area contributed by atoms with Gasteiger partial charge in [0.1, 0.15) is 31.6 Å². The summed E-state index contributed by atoms with van der Waals surface area (Å²) in [7, 11) is -5.34. The average Bonchev–Trinajstić information content (AvgIpc) is 3.80. The van der Waals surface area contributed by atoms with Crippen LogP contribution in [-0.4, -0.2) is 111 Å². The quantitative estimate of drug-likeness (QED) is 0.0693. The van der Waals surface area contributed by atoms with E-state index in [1.165, 1.54) is 31.1 Å². The molecule has 2 aromatic heterocycles. The second kappa shape index (κ2) is 22.2. The molecule has 67 heavy (non-hydrogen) atoms. The van der Waals surface area contributed by atoms with Crippen LogP contribution in [0.1, 0.15) is 36.0 Å². The van der Waals surface area contributed by atoms with Crippen molar-refractivity contribution in [1.82, 2.24) is 39.5 Å². The first-order chi connectivity index (χ1) is 32.3. The van der Waals surface area contributed by atoms with Gasteiger partial charge in [0, 0.05) is 31.8 Å². The molecule has 1 aliphatic heterocycles. The lowest BCUT2D eigenvalue weighted by molar-refractivity contribution is -0.164. The number of tetrazole rings is 1. The third kappa shape index (κ3) is 12.5. The monoisotopic (exact) mass is 1020 g/mol. The minimum atomic E-state index is -4.99. The highest BCUT2D eigenvalue weighted by Crippen LogP contribution is 2.41. The van der Waals surface area contributed by atoms with Crippen LogP contribution < -0.4 is 24.2 Å². The van der Waals surface area contributed by atoms with Gasteiger partial charge in [0.05, 0.1) is 51.8 Å². The van der Waals surface area contributed by atoms with E-state index in [-0.39, 0.29) is 48.9 Å². The summed E-state index contributed by atoms with van der Waals surface area (Å²) in [6.45, 7) is -0.669. The standard InChI is InChI=1S/C45H49BrN8O11S2/c1-61-34-16-10-30(11-17-34)26-53(27-31-12-18-35(62-2)19-13-31)67(59,60)43-39(66(57,58)51-33(25-47-45(55)56)29-65-41-9-4-5-24-64-41)23-22-37(38-7-6-8-40(46)48-38)42(43)44-49-52-54(50-44)28-32-14-20-36(63-3)21-15-32/h6-8,10-23,33,41,47,51H,4-5,9,24-29H2,1-3H3,(H,55,56). The first-order valence-corrected chi connectivity index (χ1v) is 24.7. The van der Waals surface area contributed by atoms with Gasteiger partial charge in [-0.1, -0.05) is 48.5 Å². The number of aromatic nitrogens is 5. The minimum absolute atomic E-state index is 0.104. The number of carboxylic acid groups (broad SMARTS) is 1. The van der Waals surface area contributed by atoms with Crippen LogP contribution in [0.3, 0.4) is 0 Å². The van der Waals surface area contributed by atoms with Crippen molar-refractivity contribution in [3.05, 3.63) is 124 Å². The number of nitrogens with zero attached hydrogens (tertiary/aromatic N) is 6. The summed E-state index contributed by atoms with van der Waals surface area (Å²) in [6.07, 6.45) is 0.138. The van der Waals surface area contributed by atoms with E-state index in [1.54, 1.807) is 86.0 Å². The number of pyridine rings is 1. The van der Waals surface area contributed by atoms with E-state index in [2.05, 4.69) is 46.4 Å². The van der Waals surface area contributed by atoms with Crippen LogP contribution in [0.4, 0.5) is 4.79 Å². The van der Waals surface area contributed by atoms with Crippen molar-refractivity contribution in [2.45, 2.75) is 61.0 Å². The summed E-state index contributed by atoms with van der Waals surface area (Å²) in [6, 6.07) is 27.1. The number of hydrogen-bond acceptors (Lipinski definition) is 14. The smallest absolute Gasteiger partial charge is 0.404 e. The molecule has 1 aliphatic rings. The summed E-state index contributed by atoms with van der Waals surface area (Å²) in [5.41, 5.74) is 2.08. The van der Waals surface area contributed by atoms with Crippen molar-refractivity contribution < 1.29 is 50.4 Å². The highest BCUT2D eigenvalue weighted by molar-refractivity contribution is 9.10. The Morgan fingerprint density at radius 3 is 2.01 bits per heavy atom. The number of carbonyl (C=O) groups is 1. The van der Waals surface area contributed by atoms with Crippen LogP contribution >= 0.6 is 15.9 Å². The van der Waals surface area contributed by atoms with Crippen LogP contribution in [0.2, 0.25) is 0 Å². The Morgan fingerprint density at radius 1 is 0.851 bits per heavy atom. The molecular weight excluding hydrogens is 973 g/mol. The summed E-state index contributed by atoms with van der Waals surface area (Å²) in [5.74, 6) is 1.49. The molecule has 2 unspecified atom stereocenters. The highest BCUT2D eigenvalue weighted by atomic mass is 79.9. The van der Waals surface area contributed by atoms with Gasteiger partial charge in [-0.05, 0) is 112 Å². The van der Waals surface area contributed by atoms with Gasteiger partial charge in [0.2, 0.25) is 25.9 Å². The SMILES string of the molecule is COc1ccc(CN(Cc2ccc(OC)cc2)S(=O)(=O)c2c(S(=O)(=O)NC(CNC(=O)O)COC3CCCCO3)ccc(-c3cccc(Br)n3)c2-c2nnn(Cc3ccc(OC)cc3)n2)cc1. The molecule has 19 nitrogen and oxygen atoms in total. The summed E-state index contributed by atoms with van der Waals surface area (Å²) in [4.78, 5) is 16.3. The van der Waals surface area contributed by atoms with Crippen molar-refractivity contribution in [2.24, 2.45) is 0 Å². The van der Waals surface area contributed by atoms with Gasteiger partial charge >= 0.3 is 6.09 Å². The fourth-order valence-electron chi connectivity index (χ4n) is 7.25. The van der Waals surface area contributed by atoms with E-state index in [9.17, 15) is 9.90 Å². The molecule has 0 spiro atoms. The van der Waals surface area contributed by atoms with E-state index in [1.807, 2.05) is 12.1 Å². The topological polar surface area (TPSA) is 236 Å². The van der Waals surface area contributed by atoms with Crippen molar-refractivity contribution in [3.8, 4) is 39.9 Å². The van der Waals surface area contributed by atoms with E-state index < -0.39 is 54.8 Å². The van der Waals surface area contributed by atoms with Crippen LogP contribution in [0, 0.1) is 0 Å². The molecular formula is C45H49BrN8O11S2. The lowest BCUT2D eigenvalue weighted by atomic mass is 10.0. The van der Waals surface area contributed by atoms with Gasteiger partial charge in [0.15, 0.2) is 6.29 Å². The van der Waals surface area contributed by atoms with Crippen LogP contribution in [0.15, 0.2) is 118 Å². The van der Waals surface area contributed by atoms with E-state index >= 15 is 16.8 Å². The number of methoxy groups -OCH3 is 3. The zero-order chi connectivity index (χ0) is 47.6. The molecule has 1 fully saturated rings. The molecule has 22 heteroatoms. The Balaban J connectivity index is 1.44. The number of sulfonamides is 2. The van der Waals surface area contributed by atoms with Gasteiger partial charge in [0.25, 0.3) is 0 Å². The first-order valence-electron chi connectivity index (χ1n) is 21.0. The molecule has 4 aromatic carbocycles. The van der Waals surface area contributed by atoms with Crippen LogP contribution in [0.25, 0.3) is 22.6 Å². The Hall–Kier alpha value is -6.01. The van der Waals surface area contributed by atoms with Crippen molar-refractivity contribution >= 4 is 42.1 Å². The molecule has 1 saturated heterocycles. The lowest BCUT2D eigenvalue weighted by Gasteiger charge is -2.28. The van der Waals surface area contributed by atoms with Crippen molar-refractivity contribution in [3.63, 3.8) is 0 Å². The summed E-state index contributed by atoms with van der Waals surface area (Å²) in [5, 5.41) is 25.1. The third-order valence-electron chi connectivity index (χ3n) is 10.6. The molecule has 354 valence electrons. The van der Waals surface area contributed by atoms with Crippen LogP contribution in [-0.2, 0) is 49.2 Å². The number of benzene rings is 4. The van der Waals surface area contributed by atoms with E-state index in [0.29, 0.717) is 46.0 Å². The fourth-order valence-corrected chi connectivity index (χ4v) is 11.2. The number of nitrogens with one attached hydrogen (secondary N) is 2. The maximum atomic E-state index is 16.0. The number of ether oxygens (including phenoxy) is 5. The molecule has 3 heterocycles. The second-order valence-corrected chi connectivity index (χ2v) is 19.6. The molecule has 2 atom stereocenters. The number of rotatable bonds is 21. The normalized spacial score (nSPS) is 14.7. The van der Waals surface area contributed by atoms with Crippen molar-refractivity contribution in [1.29, 1.82) is 0 Å². The van der Waals surface area contributed by atoms with E-state index in [4.69, 9.17) is 23.7 Å². The molecule has 3 N–H and O–H groups in total. The van der Waals surface area contributed by atoms with Gasteiger partial charge in [-0.15, -0.1) is 10.2 Å². The lowest BCUT2D eigenvalue weighted by Crippen LogP contribution is -2.47. The van der Waals surface area contributed by atoms with Crippen LogP contribution in [0.5, 0.6) is 17.2 Å². The Morgan fingerprint density at radius 2 is 1.46 bits per heavy atom. The third-order valence-corrected chi connectivity index (χ3v) is 14.6. The minimum Gasteiger partial charge on any atom is -0.497 e. The zero-order valence-electron chi connectivity index (χ0n) is 36.7. The van der Waals surface area contributed by atoms with Gasteiger partial charge < -0.3 is 34.1 Å². The molecule has 6 aromatic rings. The number of halogens is 1. The van der Waals surface area contributed by atoms with E-state index in [0.717, 1.165) is 22.7 Å². The molecule has 0 bridgehead atoms. The Labute approximate surface area is 396 Å². The maximum absolute atomic E-state index is 16.0. The van der Waals surface area contributed by atoms with Gasteiger partial charge in [-0.2, -0.15) is 9.10 Å². The predicted molar refractivity (Wildman–Crippen MR) is 248 cm³/mol. The van der Waals surface area contributed by atoms with Crippen molar-refractivity contribution in [2.75, 3.05) is 41.1 Å². The molecule has 0 radical (unpaired) electrons. The van der Waals surface area contributed by atoms with Gasteiger partial charge in [-0.3, -0.25) is 0 Å². The fraction of sp³-hybridized carbons (Fsp3) is 0.311. The summed E-state index contributed by atoms with van der Waals surface area (Å²) < 4.78 is 94.0. The van der Waals surface area contributed by atoms with Gasteiger partial charge in [-0.25, -0.2) is 31.3 Å². The zero-order valence-corrected chi connectivity index (χ0v) is 40.0. The molecule has 1 amide bonds. The Kier molecular flexibility index (Phi) is 16.2. The molecule has 0 aliphatic carbocycles. The first kappa shape index (κ1) is 48.9. The molecule has 7 rings (SSSR count). The number of amides is 1.